The fourth-order valence-electron chi connectivity index (χ4n) is 5.10. The van der Waals surface area contributed by atoms with Gasteiger partial charge in [-0.25, -0.2) is 8.78 Å². The lowest BCUT2D eigenvalue weighted by atomic mass is 9.79. The quantitative estimate of drug-likeness (QED) is 0.359. The van der Waals surface area contributed by atoms with E-state index < -0.39 is 5.82 Å². The van der Waals surface area contributed by atoms with Gasteiger partial charge in [0, 0.05) is 48.7 Å². The van der Waals surface area contributed by atoms with Crippen LogP contribution >= 0.6 is 23.2 Å². The summed E-state index contributed by atoms with van der Waals surface area (Å²) in [4.78, 5) is 12.6. The Morgan fingerprint density at radius 2 is 1.80 bits per heavy atom. The molecule has 2 aliphatic heterocycles. The van der Waals surface area contributed by atoms with Crippen LogP contribution in [0.1, 0.15) is 65.4 Å². The number of carbonyl (C=O) groups is 1. The summed E-state index contributed by atoms with van der Waals surface area (Å²) in [6.45, 7) is 13.7. The zero-order valence-corrected chi connectivity index (χ0v) is 25.6. The Balaban J connectivity index is 0.000000236. The predicted molar refractivity (Wildman–Crippen MR) is 159 cm³/mol. The van der Waals surface area contributed by atoms with Crippen LogP contribution in [0.4, 0.5) is 8.78 Å². The van der Waals surface area contributed by atoms with Crippen molar-refractivity contribution in [1.29, 1.82) is 5.26 Å². The van der Waals surface area contributed by atoms with E-state index in [0.717, 1.165) is 38.8 Å². The molecule has 2 fully saturated rings. The maximum atomic E-state index is 14.2. The van der Waals surface area contributed by atoms with Crippen molar-refractivity contribution in [1.82, 2.24) is 15.5 Å². The lowest BCUT2D eigenvalue weighted by molar-refractivity contribution is -0.110. The van der Waals surface area contributed by atoms with E-state index in [4.69, 9.17) is 23.2 Å². The van der Waals surface area contributed by atoms with Gasteiger partial charge in [0.1, 0.15) is 11.6 Å². The molecule has 2 saturated heterocycles. The second kappa shape index (κ2) is 16.3. The van der Waals surface area contributed by atoms with Gasteiger partial charge >= 0.3 is 0 Å². The summed E-state index contributed by atoms with van der Waals surface area (Å²) >= 11 is 11.3. The summed E-state index contributed by atoms with van der Waals surface area (Å²) < 4.78 is 26.2. The normalized spacial score (nSPS) is 21.5. The lowest BCUT2D eigenvalue weighted by Crippen LogP contribution is -2.44. The molecule has 2 aliphatic rings. The highest BCUT2D eigenvalue weighted by Crippen LogP contribution is 2.38. The topological polar surface area (TPSA) is 68.2 Å². The highest BCUT2D eigenvalue weighted by molar-refractivity contribution is 6.31. The van der Waals surface area contributed by atoms with Crippen molar-refractivity contribution >= 4 is 29.6 Å². The third-order valence-corrected chi connectivity index (χ3v) is 7.71. The Morgan fingerprint density at radius 3 is 2.30 bits per heavy atom. The summed E-state index contributed by atoms with van der Waals surface area (Å²) in [7, 11) is 0. The number of hydrogen-bond acceptors (Lipinski definition) is 4. The SMILES string of the molecule is CC(C)(C)CC1NCC(c2cccc(Cl)c2F)C1C#N.CC(C)N1CCC(NC=O)CC1.Fc1cccc(Cl)c1. The Morgan fingerprint density at radius 1 is 1.15 bits per heavy atom. The maximum Gasteiger partial charge on any atom is 0.207 e. The number of hydrogen-bond donors (Lipinski definition) is 2. The highest BCUT2D eigenvalue weighted by atomic mass is 35.5. The molecule has 0 radical (unpaired) electrons. The van der Waals surface area contributed by atoms with Gasteiger partial charge in [-0.3, -0.25) is 4.79 Å². The minimum Gasteiger partial charge on any atom is -0.356 e. The van der Waals surface area contributed by atoms with Crippen molar-refractivity contribution < 1.29 is 13.6 Å². The number of amides is 1. The van der Waals surface area contributed by atoms with Crippen LogP contribution in [-0.4, -0.2) is 49.1 Å². The van der Waals surface area contributed by atoms with Gasteiger partial charge in [-0.15, -0.1) is 0 Å². The van der Waals surface area contributed by atoms with Crippen LogP contribution in [0.3, 0.4) is 0 Å². The molecule has 3 unspecified atom stereocenters. The Kier molecular flexibility index (Phi) is 13.8. The van der Waals surface area contributed by atoms with Gasteiger partial charge in [0.15, 0.2) is 0 Å². The second-order valence-electron chi connectivity index (χ2n) is 11.8. The van der Waals surface area contributed by atoms with Gasteiger partial charge in [0.25, 0.3) is 0 Å². The van der Waals surface area contributed by atoms with Gasteiger partial charge in [-0.2, -0.15) is 5.26 Å². The molecule has 1 amide bonds. The van der Waals surface area contributed by atoms with Gasteiger partial charge < -0.3 is 15.5 Å². The molecule has 4 rings (SSSR count). The van der Waals surface area contributed by atoms with Gasteiger partial charge in [-0.1, -0.05) is 62.2 Å². The van der Waals surface area contributed by atoms with Crippen LogP contribution in [0, 0.1) is 34.3 Å². The first-order valence-electron chi connectivity index (χ1n) is 13.8. The summed E-state index contributed by atoms with van der Waals surface area (Å²) in [5.41, 5.74) is 0.683. The summed E-state index contributed by atoms with van der Waals surface area (Å²) in [5, 5.41) is 16.3. The molecule has 2 heterocycles. The largest absolute Gasteiger partial charge is 0.356 e. The van der Waals surface area contributed by atoms with Crippen molar-refractivity contribution in [2.24, 2.45) is 11.3 Å². The molecule has 0 aliphatic carbocycles. The molecular weight excluding hydrogens is 553 g/mol. The predicted octanol–water partition coefficient (Wildman–Crippen LogP) is 7.19. The van der Waals surface area contributed by atoms with E-state index in [2.05, 4.69) is 56.2 Å². The smallest absolute Gasteiger partial charge is 0.207 e. The molecule has 3 atom stereocenters. The highest BCUT2D eigenvalue weighted by Gasteiger charge is 2.39. The molecule has 220 valence electrons. The van der Waals surface area contributed by atoms with Gasteiger partial charge in [-0.05, 0) is 68.4 Å². The number of nitrogens with zero attached hydrogens (tertiary/aromatic N) is 2. The molecule has 0 bridgehead atoms. The molecule has 0 aromatic heterocycles. The molecule has 2 aromatic carbocycles. The third kappa shape index (κ3) is 11.0. The van der Waals surface area contributed by atoms with Crippen LogP contribution in [0.2, 0.25) is 10.0 Å². The van der Waals surface area contributed by atoms with Crippen molar-refractivity contribution in [3.8, 4) is 6.07 Å². The molecular formula is C31H42Cl2F2N4O. The van der Waals surface area contributed by atoms with Crippen LogP contribution in [0.25, 0.3) is 0 Å². The number of piperidine rings is 1. The molecule has 9 heteroatoms. The number of nitriles is 1. The zero-order valence-electron chi connectivity index (χ0n) is 24.1. The summed E-state index contributed by atoms with van der Waals surface area (Å²) in [6, 6.07) is 14.3. The van der Waals surface area contributed by atoms with Crippen LogP contribution in [-0.2, 0) is 4.79 Å². The number of carbonyl (C=O) groups excluding carboxylic acids is 1. The first kappa shape index (κ1) is 34.0. The minimum atomic E-state index is -0.391. The molecule has 2 aromatic rings. The number of benzene rings is 2. The zero-order chi connectivity index (χ0) is 29.9. The minimum absolute atomic E-state index is 0.100. The number of rotatable bonds is 5. The van der Waals surface area contributed by atoms with Crippen molar-refractivity contribution in [2.45, 2.75) is 77.9 Å². The average Bonchev–Trinajstić information content (AvgIpc) is 3.27. The summed E-state index contributed by atoms with van der Waals surface area (Å²) in [6.07, 6.45) is 3.90. The van der Waals surface area contributed by atoms with E-state index in [-0.39, 0.29) is 34.1 Å². The molecule has 0 saturated carbocycles. The third-order valence-electron chi connectivity index (χ3n) is 7.18. The van der Waals surface area contributed by atoms with Crippen LogP contribution in [0.15, 0.2) is 42.5 Å². The van der Waals surface area contributed by atoms with Crippen molar-refractivity contribution in [3.05, 3.63) is 69.7 Å². The number of likely N-dealkylation sites (tertiary alicyclic amines) is 1. The number of halogens is 4. The standard InChI is InChI=1S/C16H20ClFN2.C9H18N2O.C6H4ClF/c1-16(2,3)7-14-11(8-19)12(9-20-14)10-5-4-6-13(17)15(10)18;1-8(2)11-5-3-9(4-6-11)10-7-12;7-5-2-1-3-6(8)4-5/h4-6,11-12,14,20H,7,9H2,1-3H3;7-9H,3-6H2,1-2H3,(H,10,12);1-4H. The van der Waals surface area contributed by atoms with Crippen molar-refractivity contribution in [3.63, 3.8) is 0 Å². The van der Waals surface area contributed by atoms with E-state index in [9.17, 15) is 18.8 Å². The first-order valence-corrected chi connectivity index (χ1v) is 14.5. The van der Waals surface area contributed by atoms with E-state index in [1.807, 2.05) is 0 Å². The number of nitrogens with one attached hydrogen (secondary N) is 2. The van der Waals surface area contributed by atoms with E-state index in [1.165, 1.54) is 18.2 Å². The molecule has 2 N–H and O–H groups in total. The second-order valence-corrected chi connectivity index (χ2v) is 12.7. The average molecular weight is 596 g/mol. The summed E-state index contributed by atoms with van der Waals surface area (Å²) in [5.74, 6) is -1.04. The molecule has 40 heavy (non-hydrogen) atoms. The maximum absolute atomic E-state index is 14.2. The molecule has 5 nitrogen and oxygen atoms in total. The Hall–Kier alpha value is -2.24. The lowest BCUT2D eigenvalue weighted by Gasteiger charge is -2.34. The fraction of sp³-hybridized carbons (Fsp3) is 0.548. The van der Waals surface area contributed by atoms with E-state index in [1.54, 1.807) is 24.3 Å². The Labute approximate surface area is 248 Å². The Bertz CT molecular complexity index is 1090. The van der Waals surface area contributed by atoms with E-state index in [0.29, 0.717) is 29.2 Å². The van der Waals surface area contributed by atoms with Crippen LogP contribution < -0.4 is 10.6 Å². The first-order chi connectivity index (χ1) is 18.9. The van der Waals surface area contributed by atoms with E-state index >= 15 is 0 Å². The monoisotopic (exact) mass is 594 g/mol. The van der Waals surface area contributed by atoms with Gasteiger partial charge in [0.05, 0.1) is 17.0 Å². The van der Waals surface area contributed by atoms with Crippen molar-refractivity contribution in [2.75, 3.05) is 19.6 Å². The van der Waals surface area contributed by atoms with Crippen LogP contribution in [0.5, 0.6) is 0 Å². The van der Waals surface area contributed by atoms with Gasteiger partial charge in [0.2, 0.25) is 6.41 Å². The molecule has 0 spiro atoms. The fourth-order valence-corrected chi connectivity index (χ4v) is 5.46.